The quantitative estimate of drug-likeness (QED) is 0.316. The van der Waals surface area contributed by atoms with Gasteiger partial charge in [-0.2, -0.15) is 0 Å². The number of hydrogen-bond donors (Lipinski definition) is 0. The van der Waals surface area contributed by atoms with Gasteiger partial charge in [0.05, 0.1) is 0 Å². The van der Waals surface area contributed by atoms with Crippen molar-refractivity contribution >= 4 is 21.5 Å². The van der Waals surface area contributed by atoms with Crippen LogP contribution in [0.5, 0.6) is 0 Å². The summed E-state index contributed by atoms with van der Waals surface area (Å²) in [5.74, 6) is 2.19. The van der Waals surface area contributed by atoms with Gasteiger partial charge in [-0.1, -0.05) is 0 Å². The predicted molar refractivity (Wildman–Crippen MR) is 49.1 cm³/mol. The number of nitrogens with zero attached hydrogens (tertiary/aromatic N) is 3. The summed E-state index contributed by atoms with van der Waals surface area (Å²) in [5, 5.41) is 0. The van der Waals surface area contributed by atoms with Crippen molar-refractivity contribution in [3.8, 4) is 0 Å². The van der Waals surface area contributed by atoms with Gasteiger partial charge >= 0.3 is 86.6 Å². The number of rotatable bonds is 1. The number of halogens is 1. The third-order valence-corrected chi connectivity index (χ3v) is 4.09. The Bertz CT molecular complexity index is 272. The molecule has 66 valence electrons. The van der Waals surface area contributed by atoms with Crippen LogP contribution in [0, 0.1) is 0 Å². The standard InChI is InChI=1S/C7H9IN3S/c1-8-6-7-10-12-5-4-11(7)3-2-9-6/h2-3H,4-5H2,1H3/q-1. The molecule has 0 fully saturated rings. The fourth-order valence-corrected chi connectivity index (χ4v) is 3.28. The summed E-state index contributed by atoms with van der Waals surface area (Å²) in [7, 11) is 0. The van der Waals surface area contributed by atoms with Gasteiger partial charge in [-0.05, 0) is 0 Å². The van der Waals surface area contributed by atoms with Crippen molar-refractivity contribution < 1.29 is 21.2 Å². The van der Waals surface area contributed by atoms with Gasteiger partial charge in [0.15, 0.2) is 0 Å². The molecule has 0 bridgehead atoms. The zero-order valence-electron chi connectivity index (χ0n) is 6.70. The van der Waals surface area contributed by atoms with Crippen molar-refractivity contribution in [2.75, 3.05) is 17.2 Å². The molecular weight excluding hydrogens is 285 g/mol. The minimum absolute atomic E-state index is 0.0533. The van der Waals surface area contributed by atoms with Crippen molar-refractivity contribution in [2.24, 2.45) is 9.39 Å². The van der Waals surface area contributed by atoms with Crippen LogP contribution in [0.4, 0.5) is 0 Å². The first-order chi connectivity index (χ1) is 5.92. The maximum absolute atomic E-state index is 4.41. The fourth-order valence-electron chi connectivity index (χ4n) is 1.08. The van der Waals surface area contributed by atoms with E-state index in [9.17, 15) is 0 Å². The summed E-state index contributed by atoms with van der Waals surface area (Å²) < 4.78 is 5.62. The number of alkyl halides is 1. The number of fused-ring (bicyclic) bond motifs is 1. The van der Waals surface area contributed by atoms with Crippen molar-refractivity contribution in [1.82, 2.24) is 4.90 Å². The van der Waals surface area contributed by atoms with Crippen LogP contribution >= 0.6 is 11.9 Å². The molecule has 0 aromatic rings. The molecule has 12 heavy (non-hydrogen) atoms. The molecule has 0 spiro atoms. The molecule has 0 aromatic carbocycles. The van der Waals surface area contributed by atoms with E-state index in [2.05, 4.69) is 19.2 Å². The molecule has 0 radical (unpaired) electrons. The van der Waals surface area contributed by atoms with Crippen LogP contribution in [-0.2, 0) is 0 Å². The van der Waals surface area contributed by atoms with E-state index >= 15 is 0 Å². The van der Waals surface area contributed by atoms with Gasteiger partial charge < -0.3 is 0 Å². The SMILES string of the molecule is C[I-]C1=NC=CN2CCSN=C12. The second-order valence-corrected chi connectivity index (χ2v) is 5.30. The average molecular weight is 294 g/mol. The summed E-state index contributed by atoms with van der Waals surface area (Å²) >= 11 is 1.70. The van der Waals surface area contributed by atoms with Gasteiger partial charge in [0, 0.05) is 0 Å². The Balaban J connectivity index is 2.30. The molecule has 0 aromatic heterocycles. The van der Waals surface area contributed by atoms with Crippen LogP contribution in [0.2, 0.25) is 0 Å². The number of amidine groups is 1. The predicted octanol–water partition coefficient (Wildman–Crippen LogP) is -2.05. The van der Waals surface area contributed by atoms with Gasteiger partial charge in [-0.25, -0.2) is 0 Å². The molecule has 0 aliphatic carbocycles. The van der Waals surface area contributed by atoms with Gasteiger partial charge in [0.1, 0.15) is 0 Å². The fraction of sp³-hybridized carbons (Fsp3) is 0.429. The molecule has 0 amide bonds. The third kappa shape index (κ3) is 1.52. The van der Waals surface area contributed by atoms with Crippen LogP contribution in [0.15, 0.2) is 21.8 Å². The van der Waals surface area contributed by atoms with Crippen LogP contribution in [-0.4, -0.2) is 31.7 Å². The Labute approximate surface area is 86.4 Å². The van der Waals surface area contributed by atoms with Gasteiger partial charge in [0.25, 0.3) is 0 Å². The molecular formula is C7H9IN3S-. The van der Waals surface area contributed by atoms with E-state index in [1.54, 1.807) is 11.9 Å². The zero-order valence-corrected chi connectivity index (χ0v) is 9.67. The molecule has 5 heteroatoms. The minimum atomic E-state index is 0.0533. The second-order valence-electron chi connectivity index (χ2n) is 2.35. The van der Waals surface area contributed by atoms with Crippen molar-refractivity contribution in [1.29, 1.82) is 0 Å². The molecule has 2 aliphatic heterocycles. The molecule has 0 atom stereocenters. The number of aliphatic imine (C=N–C) groups is 1. The van der Waals surface area contributed by atoms with Crippen molar-refractivity contribution in [2.45, 2.75) is 0 Å². The Morgan fingerprint density at radius 1 is 1.67 bits per heavy atom. The number of hydrogen-bond acceptors (Lipinski definition) is 4. The van der Waals surface area contributed by atoms with Crippen LogP contribution in [0.1, 0.15) is 0 Å². The third-order valence-electron chi connectivity index (χ3n) is 1.64. The first-order valence-electron chi connectivity index (χ1n) is 3.62. The first kappa shape index (κ1) is 8.55. The molecule has 0 unspecified atom stereocenters. The van der Waals surface area contributed by atoms with Crippen LogP contribution < -0.4 is 21.2 Å². The summed E-state index contributed by atoms with van der Waals surface area (Å²) in [5.41, 5.74) is 0. The molecule has 2 rings (SSSR count). The average Bonchev–Trinajstić information content (AvgIpc) is 2.17. The zero-order chi connectivity index (χ0) is 8.39. The molecule has 0 saturated carbocycles. The molecule has 2 aliphatic rings. The molecule has 0 saturated heterocycles. The Hall–Kier alpha value is -0.0400. The monoisotopic (exact) mass is 294 g/mol. The molecule has 0 N–H and O–H groups in total. The summed E-state index contributed by atoms with van der Waals surface area (Å²) in [6.07, 6.45) is 3.90. The van der Waals surface area contributed by atoms with E-state index in [1.807, 2.05) is 12.4 Å². The topological polar surface area (TPSA) is 28.0 Å². The second kappa shape index (κ2) is 3.78. The Kier molecular flexibility index (Phi) is 2.69. The van der Waals surface area contributed by atoms with Gasteiger partial charge in [-0.15, -0.1) is 0 Å². The van der Waals surface area contributed by atoms with E-state index < -0.39 is 0 Å². The van der Waals surface area contributed by atoms with E-state index in [0.29, 0.717) is 0 Å². The maximum atomic E-state index is 4.41. The summed E-state index contributed by atoms with van der Waals surface area (Å²) in [6, 6.07) is 0. The van der Waals surface area contributed by atoms with Crippen molar-refractivity contribution in [3.05, 3.63) is 12.4 Å². The van der Waals surface area contributed by atoms with E-state index in [1.165, 1.54) is 3.72 Å². The van der Waals surface area contributed by atoms with E-state index in [0.717, 1.165) is 18.1 Å². The summed E-state index contributed by atoms with van der Waals surface area (Å²) in [6.45, 7) is 1.07. The Morgan fingerprint density at radius 3 is 3.42 bits per heavy atom. The van der Waals surface area contributed by atoms with Crippen molar-refractivity contribution in [3.63, 3.8) is 0 Å². The van der Waals surface area contributed by atoms with E-state index in [-0.39, 0.29) is 21.2 Å². The van der Waals surface area contributed by atoms with Crippen LogP contribution in [0.3, 0.4) is 0 Å². The van der Waals surface area contributed by atoms with E-state index in [4.69, 9.17) is 0 Å². The Morgan fingerprint density at radius 2 is 2.58 bits per heavy atom. The van der Waals surface area contributed by atoms with Gasteiger partial charge in [-0.3, -0.25) is 0 Å². The van der Waals surface area contributed by atoms with Gasteiger partial charge in [0.2, 0.25) is 0 Å². The summed E-state index contributed by atoms with van der Waals surface area (Å²) in [4.78, 5) is 8.75. The van der Waals surface area contributed by atoms with Crippen LogP contribution in [0.25, 0.3) is 0 Å². The molecule has 3 nitrogen and oxygen atoms in total. The molecule has 2 heterocycles. The first-order valence-corrected chi connectivity index (χ1v) is 7.80. The normalized spacial score (nSPS) is 21.9.